The molecule has 0 aliphatic heterocycles. The van der Waals surface area contributed by atoms with E-state index in [1.807, 2.05) is 18.2 Å². The molecule has 1 aliphatic rings. The summed E-state index contributed by atoms with van der Waals surface area (Å²) in [6.45, 7) is 2.24. The third kappa shape index (κ3) is 4.35. The molecule has 1 saturated carbocycles. The molecule has 2 rings (SSSR count). The Bertz CT molecular complexity index is 404. The van der Waals surface area contributed by atoms with Gasteiger partial charge in [-0.15, -0.1) is 0 Å². The molecule has 3 nitrogen and oxygen atoms in total. The zero-order valence-electron chi connectivity index (χ0n) is 11.6. The lowest BCUT2D eigenvalue weighted by atomic mass is 10.0. The highest BCUT2D eigenvalue weighted by Gasteiger charge is 2.24. The first kappa shape index (κ1) is 14.1. The van der Waals surface area contributed by atoms with Crippen molar-refractivity contribution in [3.05, 3.63) is 35.9 Å². The lowest BCUT2D eigenvalue weighted by Crippen LogP contribution is -2.44. The number of benzene rings is 1. The van der Waals surface area contributed by atoms with Crippen molar-refractivity contribution in [3.8, 4) is 0 Å². The summed E-state index contributed by atoms with van der Waals surface area (Å²) in [5.41, 5.74) is 7.20. The second kappa shape index (κ2) is 6.71. The molecular weight excluding hydrogens is 236 g/mol. The van der Waals surface area contributed by atoms with E-state index in [-0.39, 0.29) is 5.91 Å². The Balaban J connectivity index is 1.73. The minimum Gasteiger partial charge on any atom is -0.352 e. The molecule has 19 heavy (non-hydrogen) atoms. The lowest BCUT2D eigenvalue weighted by molar-refractivity contribution is -0.123. The second-order valence-corrected chi connectivity index (χ2v) is 5.75. The maximum Gasteiger partial charge on any atom is 0.237 e. The van der Waals surface area contributed by atoms with E-state index < -0.39 is 6.04 Å². The smallest absolute Gasteiger partial charge is 0.237 e. The Morgan fingerprint density at radius 1 is 1.37 bits per heavy atom. The molecule has 0 saturated heterocycles. The van der Waals surface area contributed by atoms with Gasteiger partial charge in [-0.2, -0.15) is 0 Å². The summed E-state index contributed by atoms with van der Waals surface area (Å²) in [6, 6.07) is 10.1. The van der Waals surface area contributed by atoms with Crippen LogP contribution in [0.25, 0.3) is 0 Å². The monoisotopic (exact) mass is 260 g/mol. The fourth-order valence-electron chi connectivity index (χ4n) is 2.74. The minimum atomic E-state index is -0.392. The average molecular weight is 260 g/mol. The summed E-state index contributed by atoms with van der Waals surface area (Å²) < 4.78 is 0. The van der Waals surface area contributed by atoms with Crippen LogP contribution in [0.1, 0.15) is 38.2 Å². The molecule has 3 N–H and O–H groups in total. The van der Waals surface area contributed by atoms with Gasteiger partial charge in [-0.05, 0) is 43.6 Å². The summed E-state index contributed by atoms with van der Waals surface area (Å²) in [5.74, 6) is 0.737. The molecule has 3 unspecified atom stereocenters. The molecule has 104 valence electrons. The van der Waals surface area contributed by atoms with Gasteiger partial charge in [0.2, 0.25) is 5.91 Å². The van der Waals surface area contributed by atoms with Gasteiger partial charge >= 0.3 is 0 Å². The topological polar surface area (TPSA) is 55.1 Å². The van der Waals surface area contributed by atoms with E-state index in [1.54, 1.807) is 0 Å². The summed E-state index contributed by atoms with van der Waals surface area (Å²) in [4.78, 5) is 12.0. The van der Waals surface area contributed by atoms with Crippen molar-refractivity contribution in [2.45, 2.75) is 51.1 Å². The Morgan fingerprint density at radius 2 is 2.11 bits per heavy atom. The van der Waals surface area contributed by atoms with Crippen molar-refractivity contribution < 1.29 is 4.79 Å². The van der Waals surface area contributed by atoms with Crippen molar-refractivity contribution in [2.24, 2.45) is 11.7 Å². The Kier molecular flexibility index (Phi) is 4.97. The van der Waals surface area contributed by atoms with Gasteiger partial charge in [0.15, 0.2) is 0 Å². The summed E-state index contributed by atoms with van der Waals surface area (Å²) >= 11 is 0. The average Bonchev–Trinajstić information content (AvgIpc) is 2.82. The molecule has 1 aromatic carbocycles. The number of hydrogen-bond donors (Lipinski definition) is 2. The van der Waals surface area contributed by atoms with E-state index in [4.69, 9.17) is 5.73 Å². The van der Waals surface area contributed by atoms with Crippen LogP contribution < -0.4 is 11.1 Å². The molecule has 1 aliphatic carbocycles. The first-order chi connectivity index (χ1) is 9.15. The molecule has 0 spiro atoms. The van der Waals surface area contributed by atoms with Gasteiger partial charge in [0.1, 0.15) is 0 Å². The Labute approximate surface area is 115 Å². The van der Waals surface area contributed by atoms with E-state index in [1.165, 1.54) is 12.0 Å². The number of hydrogen-bond acceptors (Lipinski definition) is 2. The highest BCUT2D eigenvalue weighted by molar-refractivity contribution is 5.81. The second-order valence-electron chi connectivity index (χ2n) is 5.75. The first-order valence-electron chi connectivity index (χ1n) is 7.25. The predicted molar refractivity (Wildman–Crippen MR) is 77.7 cm³/mol. The number of carbonyl (C=O) groups excluding carboxylic acids is 1. The number of amides is 1. The molecule has 1 fully saturated rings. The quantitative estimate of drug-likeness (QED) is 0.853. The van der Waals surface area contributed by atoms with Crippen LogP contribution in [0, 0.1) is 5.92 Å². The standard InChI is InChI=1S/C16H24N2O/c1-12-7-9-14(11-12)18-16(19)15(17)10-8-13-5-3-2-4-6-13/h2-6,12,14-15H,7-11,17H2,1H3,(H,18,19). The lowest BCUT2D eigenvalue weighted by Gasteiger charge is -2.16. The number of carbonyl (C=O) groups is 1. The van der Waals surface area contributed by atoms with Crippen molar-refractivity contribution in [2.75, 3.05) is 0 Å². The largest absolute Gasteiger partial charge is 0.352 e. The van der Waals surface area contributed by atoms with Crippen LogP contribution in [0.4, 0.5) is 0 Å². The molecule has 3 atom stereocenters. The van der Waals surface area contributed by atoms with Crippen LogP contribution in [0.3, 0.4) is 0 Å². The van der Waals surface area contributed by atoms with Crippen molar-refractivity contribution in [3.63, 3.8) is 0 Å². The highest BCUT2D eigenvalue weighted by Crippen LogP contribution is 2.24. The normalized spacial score (nSPS) is 24.1. The number of aryl methyl sites for hydroxylation is 1. The SMILES string of the molecule is CC1CCC(NC(=O)C(N)CCc2ccccc2)C1. The van der Waals surface area contributed by atoms with Crippen LogP contribution in [-0.2, 0) is 11.2 Å². The summed E-state index contributed by atoms with van der Waals surface area (Å²) in [7, 11) is 0. The van der Waals surface area contributed by atoms with Crippen molar-refractivity contribution in [1.82, 2.24) is 5.32 Å². The third-order valence-electron chi connectivity index (χ3n) is 3.96. The molecule has 0 heterocycles. The molecule has 1 amide bonds. The molecule has 0 radical (unpaired) electrons. The van der Waals surface area contributed by atoms with E-state index in [0.717, 1.165) is 25.2 Å². The van der Waals surface area contributed by atoms with E-state index in [2.05, 4.69) is 24.4 Å². The third-order valence-corrected chi connectivity index (χ3v) is 3.96. The van der Waals surface area contributed by atoms with Crippen LogP contribution in [0.5, 0.6) is 0 Å². The first-order valence-corrected chi connectivity index (χ1v) is 7.25. The zero-order chi connectivity index (χ0) is 13.7. The van der Waals surface area contributed by atoms with Gasteiger partial charge in [0, 0.05) is 6.04 Å². The summed E-state index contributed by atoms with van der Waals surface area (Å²) in [6.07, 6.45) is 4.97. The van der Waals surface area contributed by atoms with E-state index >= 15 is 0 Å². The Hall–Kier alpha value is -1.35. The number of rotatable bonds is 5. The Morgan fingerprint density at radius 3 is 2.74 bits per heavy atom. The maximum absolute atomic E-state index is 12.0. The number of nitrogens with two attached hydrogens (primary N) is 1. The molecular formula is C16H24N2O. The van der Waals surface area contributed by atoms with E-state index in [9.17, 15) is 4.79 Å². The van der Waals surface area contributed by atoms with Gasteiger partial charge in [0.05, 0.1) is 6.04 Å². The van der Waals surface area contributed by atoms with Crippen molar-refractivity contribution in [1.29, 1.82) is 0 Å². The zero-order valence-corrected chi connectivity index (χ0v) is 11.6. The van der Waals surface area contributed by atoms with Crippen molar-refractivity contribution >= 4 is 5.91 Å². The van der Waals surface area contributed by atoms with Gasteiger partial charge in [-0.1, -0.05) is 37.3 Å². The fourth-order valence-corrected chi connectivity index (χ4v) is 2.74. The molecule has 0 bridgehead atoms. The van der Waals surface area contributed by atoms with Gasteiger partial charge < -0.3 is 11.1 Å². The summed E-state index contributed by atoms with van der Waals surface area (Å²) in [5, 5.41) is 3.08. The van der Waals surface area contributed by atoms with Crippen LogP contribution in [0.15, 0.2) is 30.3 Å². The van der Waals surface area contributed by atoms with Gasteiger partial charge in [-0.25, -0.2) is 0 Å². The fraction of sp³-hybridized carbons (Fsp3) is 0.562. The van der Waals surface area contributed by atoms with Crippen LogP contribution in [0.2, 0.25) is 0 Å². The van der Waals surface area contributed by atoms with Crippen LogP contribution >= 0.6 is 0 Å². The molecule has 1 aromatic rings. The molecule has 3 heteroatoms. The van der Waals surface area contributed by atoms with Gasteiger partial charge in [-0.3, -0.25) is 4.79 Å². The predicted octanol–water partition coefficient (Wildman–Crippen LogP) is 2.25. The highest BCUT2D eigenvalue weighted by atomic mass is 16.2. The van der Waals surface area contributed by atoms with Crippen LogP contribution in [-0.4, -0.2) is 18.0 Å². The molecule has 0 aromatic heterocycles. The maximum atomic E-state index is 12.0. The number of nitrogens with one attached hydrogen (secondary N) is 1. The van der Waals surface area contributed by atoms with E-state index in [0.29, 0.717) is 12.5 Å². The van der Waals surface area contributed by atoms with Gasteiger partial charge in [0.25, 0.3) is 0 Å². The minimum absolute atomic E-state index is 0.00929.